The second kappa shape index (κ2) is 75.0. The fourth-order valence-electron chi connectivity index (χ4n) is 16.6. The van der Waals surface area contributed by atoms with Crippen LogP contribution in [0.1, 0.15) is 456 Å². The van der Waals surface area contributed by atoms with Gasteiger partial charge in [0.15, 0.2) is 0 Å². The molecule has 131 heavy (non-hydrogen) atoms. The predicted molar refractivity (Wildman–Crippen MR) is 514 cm³/mol. The van der Waals surface area contributed by atoms with Crippen LogP contribution >= 0.6 is 0 Å². The Morgan fingerprint density at radius 1 is 0.229 bits per heavy atom. The second-order valence-corrected chi connectivity index (χ2v) is 42.6. The summed E-state index contributed by atoms with van der Waals surface area (Å²) in [6.07, 6.45) is 53.4. The summed E-state index contributed by atoms with van der Waals surface area (Å²) in [4.78, 5) is 114. The maximum atomic E-state index is 13.4. The predicted octanol–water partition coefficient (Wildman–Crippen LogP) is 21.4. The molecule has 3 saturated carbocycles. The zero-order chi connectivity index (χ0) is 97.6. The molecule has 25 nitrogen and oxygen atoms in total. The molecule has 3 aliphatic carbocycles. The van der Waals surface area contributed by atoms with Gasteiger partial charge in [0.25, 0.3) is 0 Å². The van der Waals surface area contributed by atoms with Crippen molar-refractivity contribution in [2.24, 2.45) is 62.6 Å². The Labute approximate surface area is 793 Å². The van der Waals surface area contributed by atoms with Gasteiger partial charge < -0.3 is 78.4 Å². The highest BCUT2D eigenvalue weighted by Gasteiger charge is 2.43. The molecule has 7 N–H and O–H groups in total. The quantitative estimate of drug-likeness (QED) is 0.0169. The van der Waals surface area contributed by atoms with Crippen LogP contribution in [0.5, 0.6) is 0 Å². The maximum Gasteiger partial charge on any atom is 0.310 e. The standard InChI is InChI=1S/2C36H66O8.C34H62O9/c2*1-6-7-8-15-20-29(21-16-13-11-9-10-12-14-17-24-32(39)42-27-35(2,3)25-37)44-34(41)31-23-19-18-22-30(31)33(40)43-28-36(4,5)26-38;1-4-5-6-13-18-27(19-14-11-9-7-8-10-12-15-22-31(38)42-28(23-35)24-36)43-33(40)30-21-17-16-20-29(30)32(39)41-26-34(2,3)25-37/h2*29-31,37-38H,6-28H2,1-5H3;27-30,35-37H,4-26H2,1-3H3. The number of carbonyl (C=O) groups excluding carboxylic acids is 9. The van der Waals surface area contributed by atoms with Crippen LogP contribution in [0, 0.1) is 62.6 Å². The molecule has 768 valence electrons. The van der Waals surface area contributed by atoms with Crippen LogP contribution in [0.25, 0.3) is 0 Å². The fourth-order valence-corrected chi connectivity index (χ4v) is 16.6. The minimum absolute atomic E-state index is 0.00393. The van der Waals surface area contributed by atoms with Gasteiger partial charge >= 0.3 is 53.7 Å². The van der Waals surface area contributed by atoms with Gasteiger partial charge in [-0.1, -0.05) is 302 Å². The van der Waals surface area contributed by atoms with Gasteiger partial charge in [-0.05, 0) is 135 Å². The van der Waals surface area contributed by atoms with Gasteiger partial charge in [-0.15, -0.1) is 0 Å². The van der Waals surface area contributed by atoms with Crippen molar-refractivity contribution in [2.45, 2.75) is 480 Å². The van der Waals surface area contributed by atoms with E-state index in [9.17, 15) is 68.7 Å². The van der Waals surface area contributed by atoms with E-state index in [0.29, 0.717) is 57.8 Å². The van der Waals surface area contributed by atoms with Crippen LogP contribution in [0.4, 0.5) is 0 Å². The SMILES string of the molecule is CCCCCCC(CCCCCCCCCCC(=O)OC(CO)CO)OC(=O)C1CCCCC1C(=O)OCC(C)(C)CO.CCCCCCC(CCCCCCCCCCC(=O)OCC(C)(C)CO)OC(=O)C1CCCCC1C(=O)OCC(C)(C)CO.CCCCCCC(CCCCCCCCCCC(=O)OCC(C)(C)CO)OC(=O)C1CCCCC1C(=O)OCC(C)(C)CO. The zero-order valence-electron chi connectivity index (χ0n) is 85.0. The third-order valence-corrected chi connectivity index (χ3v) is 26.0. The number of hydrogen-bond donors (Lipinski definition) is 7. The summed E-state index contributed by atoms with van der Waals surface area (Å²) >= 11 is 0. The highest BCUT2D eigenvalue weighted by Crippen LogP contribution is 2.38. The number of rotatable bonds is 75. The molecular weight excluding hydrogens is 1670 g/mol. The number of aliphatic hydroxyl groups excluding tert-OH is 7. The van der Waals surface area contributed by atoms with Crippen LogP contribution in [0.15, 0.2) is 0 Å². The lowest BCUT2D eigenvalue weighted by molar-refractivity contribution is -0.168. The number of unbranched alkanes of at least 4 members (excludes halogenated alkanes) is 30. The Morgan fingerprint density at radius 2 is 0.412 bits per heavy atom. The molecule has 0 radical (unpaired) electrons. The normalized spacial score (nSPS) is 18.0. The van der Waals surface area contributed by atoms with Crippen molar-refractivity contribution < 1.29 is 122 Å². The molecule has 9 atom stereocenters. The topological polar surface area (TPSA) is 378 Å². The highest BCUT2D eigenvalue weighted by atomic mass is 16.6. The Kier molecular flexibility index (Phi) is 71.0. The van der Waals surface area contributed by atoms with Crippen LogP contribution in [0.2, 0.25) is 0 Å². The van der Waals surface area contributed by atoms with Gasteiger partial charge in [0, 0.05) is 46.3 Å². The summed E-state index contributed by atoms with van der Waals surface area (Å²) in [5.74, 6) is -5.24. The largest absolute Gasteiger partial charge is 0.465 e. The molecular formula is C106H194O25. The molecule has 0 aliphatic heterocycles. The maximum absolute atomic E-state index is 13.4. The molecule has 0 aromatic rings. The van der Waals surface area contributed by atoms with Crippen molar-refractivity contribution in [3.63, 3.8) is 0 Å². The Morgan fingerprint density at radius 3 is 0.618 bits per heavy atom. The van der Waals surface area contributed by atoms with Crippen molar-refractivity contribution in [2.75, 3.05) is 79.3 Å². The van der Waals surface area contributed by atoms with E-state index in [0.717, 1.165) is 289 Å². The molecule has 0 heterocycles. The smallest absolute Gasteiger partial charge is 0.310 e. The third-order valence-electron chi connectivity index (χ3n) is 26.0. The minimum Gasteiger partial charge on any atom is -0.465 e. The van der Waals surface area contributed by atoms with E-state index in [2.05, 4.69) is 20.8 Å². The van der Waals surface area contributed by atoms with Gasteiger partial charge in [-0.25, -0.2) is 0 Å². The molecule has 0 spiro atoms. The van der Waals surface area contributed by atoms with E-state index in [1.807, 2.05) is 69.2 Å². The van der Waals surface area contributed by atoms with Crippen molar-refractivity contribution in [1.29, 1.82) is 0 Å². The molecule has 3 rings (SSSR count). The van der Waals surface area contributed by atoms with Crippen LogP contribution in [0.3, 0.4) is 0 Å². The van der Waals surface area contributed by atoms with Gasteiger partial charge in [-0.3, -0.25) is 43.2 Å². The van der Waals surface area contributed by atoms with E-state index in [1.54, 1.807) is 0 Å². The van der Waals surface area contributed by atoms with E-state index in [4.69, 9.17) is 52.8 Å². The molecule has 0 amide bonds. The van der Waals surface area contributed by atoms with Crippen molar-refractivity contribution in [1.82, 2.24) is 0 Å². The average molecular weight is 1870 g/mol. The average Bonchev–Trinajstić information content (AvgIpc) is 0.842. The molecule has 9 unspecified atom stereocenters. The van der Waals surface area contributed by atoms with Crippen LogP contribution < -0.4 is 0 Å². The van der Waals surface area contributed by atoms with Gasteiger partial charge in [0.2, 0.25) is 0 Å². The third kappa shape index (κ3) is 62.4. The molecule has 3 fully saturated rings. The summed E-state index contributed by atoms with van der Waals surface area (Å²) in [6, 6.07) is 0. The lowest BCUT2D eigenvalue weighted by Gasteiger charge is -2.31. The molecule has 25 heteroatoms. The highest BCUT2D eigenvalue weighted by molar-refractivity contribution is 5.84. The number of esters is 9. The lowest BCUT2D eigenvalue weighted by atomic mass is 9.79. The number of hydrogen-bond acceptors (Lipinski definition) is 25. The van der Waals surface area contributed by atoms with E-state index in [-0.39, 0.29) is 162 Å². The lowest BCUT2D eigenvalue weighted by Crippen LogP contribution is -2.38. The number of aliphatic hydroxyl groups is 7. The van der Waals surface area contributed by atoms with Gasteiger partial charge in [0.05, 0.1) is 115 Å². The first-order valence-electron chi connectivity index (χ1n) is 52.4. The Balaban J connectivity index is 0.000000983. The zero-order valence-corrected chi connectivity index (χ0v) is 85.0. The Bertz CT molecular complexity index is 2810. The number of ether oxygens (including phenoxy) is 9. The Hall–Kier alpha value is -5.05. The summed E-state index contributed by atoms with van der Waals surface area (Å²) in [7, 11) is 0. The summed E-state index contributed by atoms with van der Waals surface area (Å²) < 4.78 is 50.5. The fraction of sp³-hybridized carbons (Fsp3) is 0.915. The molecule has 0 saturated heterocycles. The molecule has 0 aromatic carbocycles. The first-order chi connectivity index (χ1) is 62.6. The first-order valence-corrected chi connectivity index (χ1v) is 52.4. The van der Waals surface area contributed by atoms with Crippen molar-refractivity contribution >= 4 is 53.7 Å². The van der Waals surface area contributed by atoms with Crippen molar-refractivity contribution in [3.05, 3.63) is 0 Å². The molecule has 0 bridgehead atoms. The molecule has 0 aromatic heterocycles. The number of carbonyl (C=O) groups is 9. The van der Waals surface area contributed by atoms with Gasteiger partial charge in [-0.2, -0.15) is 0 Å². The monoisotopic (exact) mass is 1870 g/mol. The van der Waals surface area contributed by atoms with Crippen LogP contribution in [-0.4, -0.2) is 193 Å². The van der Waals surface area contributed by atoms with E-state index >= 15 is 0 Å². The summed E-state index contributed by atoms with van der Waals surface area (Å²) in [5.41, 5.74) is -2.29. The van der Waals surface area contributed by atoms with Crippen LogP contribution in [-0.2, 0) is 85.8 Å². The van der Waals surface area contributed by atoms with E-state index in [1.165, 1.54) is 19.3 Å². The first kappa shape index (κ1) is 124. The summed E-state index contributed by atoms with van der Waals surface area (Å²) in [5, 5.41) is 64.9. The second-order valence-electron chi connectivity index (χ2n) is 42.6. The minimum atomic E-state index is -0.824. The van der Waals surface area contributed by atoms with E-state index < -0.39 is 57.9 Å². The molecule has 3 aliphatic rings. The summed E-state index contributed by atoms with van der Waals surface area (Å²) in [6.45, 7) is 25.1. The van der Waals surface area contributed by atoms with Gasteiger partial charge in [0.1, 0.15) is 24.4 Å². The van der Waals surface area contributed by atoms with Crippen molar-refractivity contribution in [3.8, 4) is 0 Å².